The van der Waals surface area contributed by atoms with Crippen LogP contribution < -0.4 is 16.1 Å². The molecule has 0 bridgehead atoms. The number of rotatable bonds is 9. The fourth-order valence-corrected chi connectivity index (χ4v) is 2.73. The van der Waals surface area contributed by atoms with Crippen LogP contribution in [0.5, 0.6) is 0 Å². The summed E-state index contributed by atoms with van der Waals surface area (Å²) in [4.78, 5) is 41.0. The number of nitrogens with one attached hydrogen (secondary N) is 3. The van der Waals surface area contributed by atoms with Gasteiger partial charge in [0.15, 0.2) is 0 Å². The third-order valence-electron chi connectivity index (χ3n) is 3.79. The summed E-state index contributed by atoms with van der Waals surface area (Å²) in [5, 5.41) is 5.12. The molecule has 0 spiro atoms. The van der Waals surface area contributed by atoms with Crippen molar-refractivity contribution in [2.45, 2.75) is 31.6 Å². The number of benzene rings is 1. The Kier molecular flexibility index (Phi) is 8.76. The minimum Gasteiger partial charge on any atom is -0.467 e. The number of carbonyl (C=O) groups is 3. The average Bonchev–Trinajstić information content (AvgIpc) is 3.13. The van der Waals surface area contributed by atoms with E-state index >= 15 is 0 Å². The molecule has 10 heteroatoms. The maximum absolute atomic E-state index is 12.0. The van der Waals surface area contributed by atoms with Crippen LogP contribution in [0.3, 0.4) is 0 Å². The van der Waals surface area contributed by atoms with Gasteiger partial charge in [-0.2, -0.15) is 0 Å². The Labute approximate surface area is 170 Å². The van der Waals surface area contributed by atoms with Gasteiger partial charge in [-0.05, 0) is 34.0 Å². The highest BCUT2D eigenvalue weighted by Gasteiger charge is 2.23. The fraction of sp³-hybridized carbons (Fsp3) is 0.389. The second-order valence-corrected chi connectivity index (χ2v) is 6.75. The Morgan fingerprint density at radius 3 is 2.68 bits per heavy atom. The third kappa shape index (κ3) is 7.57. The van der Waals surface area contributed by atoms with Crippen LogP contribution in [-0.4, -0.2) is 43.8 Å². The molecule has 1 heterocycles. The van der Waals surface area contributed by atoms with E-state index in [0.717, 1.165) is 5.56 Å². The molecule has 2 atom stereocenters. The van der Waals surface area contributed by atoms with Crippen LogP contribution in [0, 0.1) is 0 Å². The second-order valence-electron chi connectivity index (χ2n) is 5.90. The van der Waals surface area contributed by atoms with Crippen molar-refractivity contribution in [1.82, 2.24) is 16.1 Å². The molecule has 2 amide bonds. The molecule has 1 aromatic carbocycles. The number of hydroxylamine groups is 1. The van der Waals surface area contributed by atoms with E-state index in [1.165, 1.54) is 7.11 Å². The van der Waals surface area contributed by atoms with Crippen molar-refractivity contribution in [1.29, 1.82) is 0 Å². The van der Waals surface area contributed by atoms with E-state index in [2.05, 4.69) is 36.8 Å². The van der Waals surface area contributed by atoms with Gasteiger partial charge < -0.3 is 20.1 Å². The largest absolute Gasteiger partial charge is 0.467 e. The number of esters is 1. The number of halogens is 1. The van der Waals surface area contributed by atoms with Crippen LogP contribution in [0.2, 0.25) is 0 Å². The highest BCUT2D eigenvalue weighted by Crippen LogP contribution is 2.11. The summed E-state index contributed by atoms with van der Waals surface area (Å²) in [6, 6.07) is 8.14. The van der Waals surface area contributed by atoms with Crippen LogP contribution in [-0.2, 0) is 30.5 Å². The van der Waals surface area contributed by atoms with Crippen LogP contribution >= 0.6 is 15.9 Å². The van der Waals surface area contributed by atoms with Gasteiger partial charge in [-0.3, -0.25) is 15.1 Å². The molecule has 0 fully saturated rings. The predicted octanol–water partition coefficient (Wildman–Crippen LogP) is 1.49. The van der Waals surface area contributed by atoms with Gasteiger partial charge in [-0.1, -0.05) is 30.3 Å². The van der Waals surface area contributed by atoms with Crippen LogP contribution in [0.4, 0.5) is 4.79 Å². The molecule has 0 aliphatic carbocycles. The van der Waals surface area contributed by atoms with Gasteiger partial charge in [0, 0.05) is 6.42 Å². The van der Waals surface area contributed by atoms with E-state index in [1.54, 1.807) is 6.08 Å². The van der Waals surface area contributed by atoms with E-state index in [1.807, 2.05) is 30.3 Å². The summed E-state index contributed by atoms with van der Waals surface area (Å²) in [6.45, 7) is 0.343. The van der Waals surface area contributed by atoms with E-state index in [4.69, 9.17) is 9.57 Å². The second kappa shape index (κ2) is 11.3. The third-order valence-corrected chi connectivity index (χ3v) is 4.22. The molecule has 1 aliphatic rings. The summed E-state index contributed by atoms with van der Waals surface area (Å²) >= 11 is 3.22. The molecule has 0 saturated heterocycles. The van der Waals surface area contributed by atoms with E-state index in [0.29, 0.717) is 4.61 Å². The Bertz CT molecular complexity index is 713. The van der Waals surface area contributed by atoms with Gasteiger partial charge in [0.25, 0.3) is 0 Å². The number of methoxy groups -OCH3 is 1. The lowest BCUT2D eigenvalue weighted by molar-refractivity contribution is -0.143. The van der Waals surface area contributed by atoms with Crippen LogP contribution in [0.15, 0.2) is 41.0 Å². The maximum Gasteiger partial charge on any atom is 0.408 e. The minimum atomic E-state index is -0.988. The van der Waals surface area contributed by atoms with Crippen molar-refractivity contribution in [3.8, 4) is 0 Å². The van der Waals surface area contributed by atoms with Crippen molar-refractivity contribution in [3.63, 3.8) is 0 Å². The molecule has 2 rings (SSSR count). The number of alkyl carbamates (subject to hydrolysis) is 1. The summed E-state index contributed by atoms with van der Waals surface area (Å²) in [5.41, 5.74) is 3.43. The number of carbonyl (C=O) groups excluding carboxylic acids is 3. The van der Waals surface area contributed by atoms with E-state index in [9.17, 15) is 14.4 Å². The van der Waals surface area contributed by atoms with Crippen molar-refractivity contribution >= 4 is 33.9 Å². The topological polar surface area (TPSA) is 115 Å². The first-order valence-electron chi connectivity index (χ1n) is 8.58. The van der Waals surface area contributed by atoms with E-state index < -0.39 is 18.1 Å². The molecule has 1 aliphatic heterocycles. The fourth-order valence-electron chi connectivity index (χ4n) is 2.34. The summed E-state index contributed by atoms with van der Waals surface area (Å²) in [7, 11) is 1.21. The summed E-state index contributed by atoms with van der Waals surface area (Å²) in [5.74, 6) is -0.937. The molecule has 0 radical (unpaired) electrons. The maximum atomic E-state index is 12.0. The SMILES string of the molecule is COC(=O)[C@H](CCC(=O)NCC1C=C(Br)NO1)NC(=O)OCc1ccccc1. The van der Waals surface area contributed by atoms with Crippen molar-refractivity contribution in [3.05, 3.63) is 46.6 Å². The Morgan fingerprint density at radius 2 is 2.04 bits per heavy atom. The Morgan fingerprint density at radius 1 is 1.29 bits per heavy atom. The molecular formula is C18H22BrN3O6. The molecule has 9 nitrogen and oxygen atoms in total. The highest BCUT2D eigenvalue weighted by atomic mass is 79.9. The molecule has 0 saturated carbocycles. The molecule has 1 unspecified atom stereocenters. The van der Waals surface area contributed by atoms with Crippen molar-refractivity contribution in [2.75, 3.05) is 13.7 Å². The zero-order chi connectivity index (χ0) is 20.4. The molecular weight excluding hydrogens is 434 g/mol. The lowest BCUT2D eigenvalue weighted by Crippen LogP contribution is -2.42. The molecule has 152 valence electrons. The monoisotopic (exact) mass is 455 g/mol. The zero-order valence-electron chi connectivity index (χ0n) is 15.3. The highest BCUT2D eigenvalue weighted by molar-refractivity contribution is 9.11. The summed E-state index contributed by atoms with van der Waals surface area (Å²) < 4.78 is 10.5. The smallest absolute Gasteiger partial charge is 0.408 e. The van der Waals surface area contributed by atoms with Gasteiger partial charge >= 0.3 is 12.1 Å². The summed E-state index contributed by atoms with van der Waals surface area (Å²) in [6.07, 6.45) is 0.800. The van der Waals surface area contributed by atoms with Crippen LogP contribution in [0.25, 0.3) is 0 Å². The normalized spacial score (nSPS) is 16.4. The molecule has 3 N–H and O–H groups in total. The van der Waals surface area contributed by atoms with Gasteiger partial charge in [0.2, 0.25) is 5.91 Å². The lowest BCUT2D eigenvalue weighted by atomic mass is 10.1. The first-order chi connectivity index (χ1) is 13.5. The average molecular weight is 456 g/mol. The predicted molar refractivity (Wildman–Crippen MR) is 103 cm³/mol. The lowest BCUT2D eigenvalue weighted by Gasteiger charge is -2.16. The van der Waals surface area contributed by atoms with Crippen LogP contribution in [0.1, 0.15) is 18.4 Å². The molecule has 0 aromatic heterocycles. The van der Waals surface area contributed by atoms with E-state index in [-0.39, 0.29) is 38.0 Å². The first kappa shape index (κ1) is 21.7. The minimum absolute atomic E-state index is 0.0176. The molecule has 1 aromatic rings. The first-order valence-corrected chi connectivity index (χ1v) is 9.38. The quantitative estimate of drug-likeness (QED) is 0.381. The number of hydrogen-bond donors (Lipinski definition) is 3. The number of amides is 2. The Hall–Kier alpha value is -2.59. The Balaban J connectivity index is 1.74. The number of ether oxygens (including phenoxy) is 2. The van der Waals surface area contributed by atoms with Gasteiger partial charge in [-0.15, -0.1) is 0 Å². The van der Waals surface area contributed by atoms with Crippen molar-refractivity contribution < 1.29 is 28.7 Å². The number of hydrogen-bond acceptors (Lipinski definition) is 7. The van der Waals surface area contributed by atoms with Gasteiger partial charge in [0.1, 0.15) is 23.4 Å². The standard InChI is InChI=1S/C18H22BrN3O6/c1-26-17(24)14(21-18(25)27-11-12-5-3-2-4-6-12)7-8-16(23)20-10-13-9-15(19)22-28-13/h2-6,9,13-14,22H,7-8,10-11H2,1H3,(H,20,23)(H,21,25)/t13?,14-/m0/s1. The molecule has 28 heavy (non-hydrogen) atoms. The zero-order valence-corrected chi connectivity index (χ0v) is 16.9. The van der Waals surface area contributed by atoms with Gasteiger partial charge in [0.05, 0.1) is 13.7 Å². The van der Waals surface area contributed by atoms with Crippen molar-refractivity contribution in [2.24, 2.45) is 0 Å². The van der Waals surface area contributed by atoms with Gasteiger partial charge in [-0.25, -0.2) is 9.59 Å².